The number of rotatable bonds is 5. The highest BCUT2D eigenvalue weighted by atomic mass is 16.3. The lowest BCUT2D eigenvalue weighted by molar-refractivity contribution is 0.474. The van der Waals surface area contributed by atoms with Crippen molar-refractivity contribution in [3.8, 4) is 0 Å². The van der Waals surface area contributed by atoms with Crippen LogP contribution in [0, 0.1) is 0 Å². The molecule has 112 valence electrons. The van der Waals surface area contributed by atoms with E-state index in [0.717, 1.165) is 17.9 Å². The maximum atomic E-state index is 5.51. The third-order valence-electron chi connectivity index (χ3n) is 4.22. The first kappa shape index (κ1) is 14.1. The van der Waals surface area contributed by atoms with Gasteiger partial charge in [0.1, 0.15) is 5.76 Å². The monoisotopic (exact) mass is 284 g/mol. The summed E-state index contributed by atoms with van der Waals surface area (Å²) in [6.07, 6.45) is 6.74. The summed E-state index contributed by atoms with van der Waals surface area (Å²) in [7, 11) is 0. The van der Waals surface area contributed by atoms with Crippen LogP contribution in [-0.2, 0) is 0 Å². The molecule has 1 fully saturated rings. The van der Waals surface area contributed by atoms with Gasteiger partial charge in [0.05, 0.1) is 12.3 Å². The molecule has 21 heavy (non-hydrogen) atoms. The average molecular weight is 284 g/mol. The molecule has 0 amide bonds. The zero-order chi connectivity index (χ0) is 14.5. The van der Waals surface area contributed by atoms with Crippen LogP contribution in [0.25, 0.3) is 0 Å². The van der Waals surface area contributed by atoms with E-state index in [2.05, 4.69) is 41.4 Å². The van der Waals surface area contributed by atoms with Gasteiger partial charge in [-0.15, -0.1) is 0 Å². The molecule has 1 atom stereocenters. The molecule has 1 aromatic carbocycles. The predicted molar refractivity (Wildman–Crippen MR) is 87.9 cm³/mol. The van der Waals surface area contributed by atoms with E-state index in [4.69, 9.17) is 4.42 Å². The van der Waals surface area contributed by atoms with E-state index in [-0.39, 0.29) is 6.04 Å². The smallest absolute Gasteiger partial charge is 0.125 e. The predicted octanol–water partition coefficient (Wildman–Crippen LogP) is 4.83. The summed E-state index contributed by atoms with van der Waals surface area (Å²) in [5.74, 6) is 0.998. The Bertz CT molecular complexity index is 527. The number of piperidine rings is 1. The van der Waals surface area contributed by atoms with Gasteiger partial charge >= 0.3 is 0 Å². The van der Waals surface area contributed by atoms with Crippen molar-refractivity contribution in [2.24, 2.45) is 0 Å². The van der Waals surface area contributed by atoms with Crippen LogP contribution in [0.2, 0.25) is 0 Å². The van der Waals surface area contributed by atoms with E-state index in [0.29, 0.717) is 0 Å². The lowest BCUT2D eigenvalue weighted by Crippen LogP contribution is -2.29. The van der Waals surface area contributed by atoms with Crippen molar-refractivity contribution in [3.63, 3.8) is 0 Å². The highest BCUT2D eigenvalue weighted by Gasteiger charge is 2.13. The fraction of sp³-hybridized carbons (Fsp3) is 0.444. The Morgan fingerprint density at radius 3 is 2.48 bits per heavy atom. The van der Waals surface area contributed by atoms with Crippen LogP contribution in [0.15, 0.2) is 47.1 Å². The van der Waals surface area contributed by atoms with E-state index in [9.17, 15) is 0 Å². The van der Waals surface area contributed by atoms with Crippen LogP contribution in [0.3, 0.4) is 0 Å². The van der Waals surface area contributed by atoms with E-state index in [1.807, 2.05) is 12.1 Å². The lowest BCUT2D eigenvalue weighted by atomic mass is 10.1. The van der Waals surface area contributed by atoms with Crippen molar-refractivity contribution < 1.29 is 4.42 Å². The van der Waals surface area contributed by atoms with E-state index >= 15 is 0 Å². The summed E-state index contributed by atoms with van der Waals surface area (Å²) >= 11 is 0. The summed E-state index contributed by atoms with van der Waals surface area (Å²) in [4.78, 5) is 2.48. The molecule has 0 bridgehead atoms. The first-order chi connectivity index (χ1) is 10.4. The van der Waals surface area contributed by atoms with Crippen molar-refractivity contribution >= 4 is 11.4 Å². The van der Waals surface area contributed by atoms with Crippen LogP contribution in [0.1, 0.15) is 44.4 Å². The molecule has 1 N–H and O–H groups in total. The van der Waals surface area contributed by atoms with Gasteiger partial charge in [-0.1, -0.05) is 6.92 Å². The number of benzene rings is 1. The Morgan fingerprint density at radius 1 is 1.10 bits per heavy atom. The molecule has 1 aromatic heterocycles. The molecule has 1 aliphatic heterocycles. The summed E-state index contributed by atoms with van der Waals surface area (Å²) in [6, 6.07) is 13.0. The topological polar surface area (TPSA) is 28.4 Å². The maximum Gasteiger partial charge on any atom is 0.125 e. The molecular weight excluding hydrogens is 260 g/mol. The van der Waals surface area contributed by atoms with E-state index in [1.165, 1.54) is 38.0 Å². The molecule has 1 aliphatic rings. The SMILES string of the molecule is CCC(Nc1ccc(N2CCCCC2)cc1)c1ccco1. The minimum atomic E-state index is 0.237. The molecule has 3 rings (SSSR count). The summed E-state index contributed by atoms with van der Waals surface area (Å²) in [6.45, 7) is 4.55. The molecule has 1 saturated heterocycles. The van der Waals surface area contributed by atoms with Crippen molar-refractivity contribution in [3.05, 3.63) is 48.4 Å². The molecular formula is C18H24N2O. The fourth-order valence-corrected chi connectivity index (χ4v) is 2.99. The first-order valence-electron chi connectivity index (χ1n) is 8.02. The van der Waals surface area contributed by atoms with Gasteiger partial charge in [0.15, 0.2) is 0 Å². The van der Waals surface area contributed by atoms with E-state index in [1.54, 1.807) is 6.26 Å². The molecule has 2 heterocycles. The Hall–Kier alpha value is -1.90. The quantitative estimate of drug-likeness (QED) is 0.852. The Morgan fingerprint density at radius 2 is 1.86 bits per heavy atom. The van der Waals surface area contributed by atoms with Gasteiger partial charge in [-0.3, -0.25) is 0 Å². The van der Waals surface area contributed by atoms with Crippen LogP contribution in [0.5, 0.6) is 0 Å². The number of hydrogen-bond acceptors (Lipinski definition) is 3. The second kappa shape index (κ2) is 6.70. The van der Waals surface area contributed by atoms with Gasteiger partial charge in [0, 0.05) is 24.5 Å². The Kier molecular flexibility index (Phi) is 4.49. The van der Waals surface area contributed by atoms with Gasteiger partial charge in [0.2, 0.25) is 0 Å². The van der Waals surface area contributed by atoms with Crippen LogP contribution < -0.4 is 10.2 Å². The average Bonchev–Trinajstić information content (AvgIpc) is 3.08. The van der Waals surface area contributed by atoms with Crippen molar-refractivity contribution in [2.75, 3.05) is 23.3 Å². The van der Waals surface area contributed by atoms with Gasteiger partial charge in [-0.2, -0.15) is 0 Å². The van der Waals surface area contributed by atoms with Gasteiger partial charge in [0.25, 0.3) is 0 Å². The third-order valence-corrected chi connectivity index (χ3v) is 4.22. The molecule has 1 unspecified atom stereocenters. The fourth-order valence-electron chi connectivity index (χ4n) is 2.99. The zero-order valence-corrected chi connectivity index (χ0v) is 12.7. The standard InChI is InChI=1S/C18H24N2O/c1-2-17(18-7-6-14-21-18)19-15-8-10-16(11-9-15)20-12-4-3-5-13-20/h6-11,14,17,19H,2-5,12-13H2,1H3. The van der Waals surface area contributed by atoms with E-state index < -0.39 is 0 Å². The number of anilines is 2. The largest absolute Gasteiger partial charge is 0.467 e. The second-order valence-corrected chi connectivity index (χ2v) is 5.72. The zero-order valence-electron chi connectivity index (χ0n) is 12.7. The van der Waals surface area contributed by atoms with Crippen molar-refractivity contribution in [2.45, 2.75) is 38.6 Å². The normalized spacial score (nSPS) is 16.7. The van der Waals surface area contributed by atoms with Gasteiger partial charge < -0.3 is 14.6 Å². The number of nitrogens with one attached hydrogen (secondary N) is 1. The van der Waals surface area contributed by atoms with Crippen molar-refractivity contribution in [1.82, 2.24) is 0 Å². The molecule has 3 nitrogen and oxygen atoms in total. The molecule has 3 heteroatoms. The summed E-state index contributed by atoms with van der Waals surface area (Å²) < 4.78 is 5.51. The number of furan rings is 1. The number of hydrogen-bond donors (Lipinski definition) is 1. The second-order valence-electron chi connectivity index (χ2n) is 5.72. The van der Waals surface area contributed by atoms with Gasteiger partial charge in [-0.05, 0) is 62.1 Å². The van der Waals surface area contributed by atoms with Gasteiger partial charge in [-0.25, -0.2) is 0 Å². The molecule has 0 radical (unpaired) electrons. The Balaban J connectivity index is 1.66. The lowest BCUT2D eigenvalue weighted by Gasteiger charge is -2.29. The highest BCUT2D eigenvalue weighted by molar-refractivity contribution is 5.55. The minimum Gasteiger partial charge on any atom is -0.467 e. The summed E-state index contributed by atoms with van der Waals surface area (Å²) in [5.41, 5.74) is 2.49. The maximum absolute atomic E-state index is 5.51. The van der Waals surface area contributed by atoms with Crippen LogP contribution in [0.4, 0.5) is 11.4 Å². The minimum absolute atomic E-state index is 0.237. The first-order valence-corrected chi connectivity index (χ1v) is 8.02. The molecule has 2 aromatic rings. The number of nitrogens with zero attached hydrogens (tertiary/aromatic N) is 1. The van der Waals surface area contributed by atoms with Crippen LogP contribution in [-0.4, -0.2) is 13.1 Å². The van der Waals surface area contributed by atoms with Crippen LogP contribution >= 0.6 is 0 Å². The summed E-state index contributed by atoms with van der Waals surface area (Å²) in [5, 5.41) is 3.55. The van der Waals surface area contributed by atoms with Crippen molar-refractivity contribution in [1.29, 1.82) is 0 Å². The molecule has 0 saturated carbocycles. The highest BCUT2D eigenvalue weighted by Crippen LogP contribution is 2.26. The third kappa shape index (κ3) is 3.41. The molecule has 0 aliphatic carbocycles. The molecule has 0 spiro atoms. The Labute approximate surface area is 127 Å².